The van der Waals surface area contributed by atoms with Gasteiger partial charge in [0.1, 0.15) is 6.29 Å². The summed E-state index contributed by atoms with van der Waals surface area (Å²) < 4.78 is 5.18. The molecular weight excluding hydrogens is 440 g/mol. The van der Waals surface area contributed by atoms with E-state index >= 15 is 0 Å². The van der Waals surface area contributed by atoms with E-state index in [4.69, 9.17) is 9.84 Å². The van der Waals surface area contributed by atoms with Crippen molar-refractivity contribution < 1.29 is 24.5 Å². The lowest BCUT2D eigenvalue weighted by atomic mass is 9.77. The minimum atomic E-state index is -0.382. The number of aldehydes is 1. The summed E-state index contributed by atoms with van der Waals surface area (Å²) in [5, 5.41) is 17.5. The van der Waals surface area contributed by atoms with Gasteiger partial charge < -0.3 is 14.9 Å². The van der Waals surface area contributed by atoms with Gasteiger partial charge in [-0.15, -0.1) is 0 Å². The molecule has 196 valence electrons. The fourth-order valence-corrected chi connectivity index (χ4v) is 4.38. The minimum absolute atomic E-state index is 0.0269. The second kappa shape index (κ2) is 18.1. The maximum absolute atomic E-state index is 11.5. The molecule has 0 spiro atoms. The third-order valence-electron chi connectivity index (χ3n) is 6.78. The second-order valence-corrected chi connectivity index (χ2v) is 9.86. The number of ether oxygens (including phenoxy) is 1. The Morgan fingerprint density at radius 2 is 1.77 bits per heavy atom. The zero-order valence-corrected chi connectivity index (χ0v) is 21.8. The van der Waals surface area contributed by atoms with Gasteiger partial charge in [0.25, 0.3) is 0 Å². The van der Waals surface area contributed by atoms with E-state index in [0.29, 0.717) is 11.9 Å². The molecule has 5 heteroatoms. The summed E-state index contributed by atoms with van der Waals surface area (Å²) in [5.74, 6) is 1.26. The second-order valence-electron chi connectivity index (χ2n) is 9.86. The summed E-state index contributed by atoms with van der Waals surface area (Å²) in [4.78, 5) is 21.0. The number of rotatable bonds is 14. The first-order valence-corrected chi connectivity index (χ1v) is 13.1. The molecule has 1 atom stereocenters. The molecular formula is C30H46O5. The maximum Gasteiger partial charge on any atom is 0.333 e. The molecule has 1 unspecified atom stereocenters. The molecule has 1 fully saturated rings. The Balaban J connectivity index is 0.000000905. The molecule has 1 aromatic rings. The Morgan fingerprint density at radius 1 is 1.11 bits per heavy atom. The highest BCUT2D eigenvalue weighted by atomic mass is 16.5. The van der Waals surface area contributed by atoms with Crippen molar-refractivity contribution >= 4 is 12.3 Å². The largest absolute Gasteiger partial charge is 0.462 e. The molecule has 0 amide bonds. The first-order valence-electron chi connectivity index (χ1n) is 13.1. The predicted molar refractivity (Wildman–Crippen MR) is 142 cm³/mol. The standard InChI is InChI=1S/C26H40O3.C4H6O2/c1-4-5-6-7-21-10-14-24(15-11-21)25-16-12-22(13-17-25)8-9-23(18-27)19-29-26(28)20(2)3;1-4(2-5)3-6/h12-13,16-17,21,23-24,27H,2,4-11,14-15,18-19H2,1,3H3;2,6H,1,3H2. The molecule has 0 saturated heterocycles. The number of aliphatic hydroxyl groups excluding tert-OH is 2. The summed E-state index contributed by atoms with van der Waals surface area (Å²) in [6.07, 6.45) is 13.2. The number of hydrogen-bond acceptors (Lipinski definition) is 5. The molecule has 2 N–H and O–H groups in total. The number of benzene rings is 1. The van der Waals surface area contributed by atoms with E-state index in [1.807, 2.05) is 0 Å². The van der Waals surface area contributed by atoms with Crippen molar-refractivity contribution in [2.75, 3.05) is 19.8 Å². The molecule has 1 aliphatic rings. The lowest BCUT2D eigenvalue weighted by molar-refractivity contribution is -0.140. The highest BCUT2D eigenvalue weighted by Crippen LogP contribution is 2.37. The lowest BCUT2D eigenvalue weighted by Gasteiger charge is -2.29. The zero-order valence-electron chi connectivity index (χ0n) is 21.8. The molecule has 0 aliphatic heterocycles. The van der Waals surface area contributed by atoms with Crippen molar-refractivity contribution in [1.29, 1.82) is 0 Å². The van der Waals surface area contributed by atoms with E-state index in [0.717, 1.165) is 24.7 Å². The number of unbranched alkanes of at least 4 members (excludes halogenated alkanes) is 2. The van der Waals surface area contributed by atoms with Crippen LogP contribution in [0.3, 0.4) is 0 Å². The van der Waals surface area contributed by atoms with Crippen LogP contribution in [0, 0.1) is 11.8 Å². The van der Waals surface area contributed by atoms with Gasteiger partial charge in [-0.3, -0.25) is 4.79 Å². The van der Waals surface area contributed by atoms with Gasteiger partial charge in [-0.1, -0.05) is 70.0 Å². The van der Waals surface area contributed by atoms with Crippen molar-refractivity contribution in [3.05, 3.63) is 59.7 Å². The van der Waals surface area contributed by atoms with Gasteiger partial charge >= 0.3 is 5.97 Å². The highest BCUT2D eigenvalue weighted by Gasteiger charge is 2.22. The third kappa shape index (κ3) is 12.9. The summed E-state index contributed by atoms with van der Waals surface area (Å²) in [6.45, 7) is 10.7. The van der Waals surface area contributed by atoms with Crippen LogP contribution < -0.4 is 0 Å². The molecule has 2 rings (SSSR count). The maximum atomic E-state index is 11.5. The van der Waals surface area contributed by atoms with Crippen LogP contribution in [0.25, 0.3) is 0 Å². The SMILES string of the molecule is C=C(C)C(=O)OCC(CO)CCc1ccc(C2CCC(CCCCC)CC2)cc1.C=C(C=O)CO. The van der Waals surface area contributed by atoms with Gasteiger partial charge in [0, 0.05) is 23.7 Å². The number of aryl methyl sites for hydroxylation is 1. The number of hydrogen-bond donors (Lipinski definition) is 2. The van der Waals surface area contributed by atoms with Crippen LogP contribution in [0.15, 0.2) is 48.6 Å². The van der Waals surface area contributed by atoms with Gasteiger partial charge in [-0.25, -0.2) is 4.79 Å². The van der Waals surface area contributed by atoms with Crippen LogP contribution in [-0.2, 0) is 20.7 Å². The fraction of sp³-hybridized carbons (Fsp3) is 0.600. The summed E-state index contributed by atoms with van der Waals surface area (Å²) in [6, 6.07) is 9.06. The van der Waals surface area contributed by atoms with E-state index in [1.54, 1.807) is 6.92 Å². The molecule has 0 heterocycles. The number of carbonyl (C=O) groups excluding carboxylic acids is 2. The van der Waals surface area contributed by atoms with Crippen LogP contribution in [0.2, 0.25) is 0 Å². The molecule has 1 aromatic carbocycles. The van der Waals surface area contributed by atoms with Crippen molar-refractivity contribution in [1.82, 2.24) is 0 Å². The highest BCUT2D eigenvalue weighted by molar-refractivity contribution is 5.86. The van der Waals surface area contributed by atoms with Gasteiger partial charge in [0.15, 0.2) is 0 Å². The monoisotopic (exact) mass is 486 g/mol. The summed E-state index contributed by atoms with van der Waals surface area (Å²) in [7, 11) is 0. The normalized spacial score (nSPS) is 18.1. The molecule has 0 bridgehead atoms. The topological polar surface area (TPSA) is 83.8 Å². The van der Waals surface area contributed by atoms with Crippen LogP contribution in [0.4, 0.5) is 0 Å². The molecule has 0 aromatic heterocycles. The zero-order chi connectivity index (χ0) is 26.1. The Kier molecular flexibility index (Phi) is 15.9. The smallest absolute Gasteiger partial charge is 0.333 e. The summed E-state index contributed by atoms with van der Waals surface area (Å²) >= 11 is 0. The Bertz CT molecular complexity index is 759. The van der Waals surface area contributed by atoms with E-state index in [2.05, 4.69) is 44.3 Å². The molecule has 5 nitrogen and oxygen atoms in total. The van der Waals surface area contributed by atoms with Crippen LogP contribution in [0.5, 0.6) is 0 Å². The average Bonchev–Trinajstić information content (AvgIpc) is 2.89. The van der Waals surface area contributed by atoms with Crippen molar-refractivity contribution in [3.8, 4) is 0 Å². The number of carbonyl (C=O) groups is 2. The molecule has 0 radical (unpaired) electrons. The van der Waals surface area contributed by atoms with Crippen LogP contribution in [0.1, 0.15) is 88.7 Å². The van der Waals surface area contributed by atoms with Crippen molar-refractivity contribution in [2.45, 2.75) is 84.0 Å². The number of esters is 1. The minimum Gasteiger partial charge on any atom is -0.462 e. The molecule has 1 aliphatic carbocycles. The quantitative estimate of drug-likeness (QED) is 0.147. The fourth-order valence-electron chi connectivity index (χ4n) is 4.38. The van der Waals surface area contributed by atoms with E-state index in [-0.39, 0.29) is 37.3 Å². The molecule has 1 saturated carbocycles. The first kappa shape index (κ1) is 30.8. The first-order chi connectivity index (χ1) is 16.8. The van der Waals surface area contributed by atoms with Gasteiger partial charge in [0.05, 0.1) is 13.2 Å². The summed E-state index contributed by atoms with van der Waals surface area (Å²) in [5.41, 5.74) is 3.38. The third-order valence-corrected chi connectivity index (χ3v) is 6.78. The van der Waals surface area contributed by atoms with Crippen LogP contribution in [-0.4, -0.2) is 42.3 Å². The van der Waals surface area contributed by atoms with E-state index < -0.39 is 0 Å². The Labute approximate surface area is 212 Å². The molecule has 35 heavy (non-hydrogen) atoms. The van der Waals surface area contributed by atoms with Gasteiger partial charge in [-0.05, 0) is 68.4 Å². The van der Waals surface area contributed by atoms with E-state index in [1.165, 1.54) is 62.5 Å². The van der Waals surface area contributed by atoms with Gasteiger partial charge in [0.2, 0.25) is 0 Å². The van der Waals surface area contributed by atoms with Gasteiger partial charge in [-0.2, -0.15) is 0 Å². The van der Waals surface area contributed by atoms with Crippen LogP contribution >= 0.6 is 0 Å². The number of aliphatic hydroxyl groups is 2. The van der Waals surface area contributed by atoms with Crippen molar-refractivity contribution in [3.63, 3.8) is 0 Å². The van der Waals surface area contributed by atoms with E-state index in [9.17, 15) is 14.7 Å². The Hall–Kier alpha value is -2.24. The lowest BCUT2D eigenvalue weighted by Crippen LogP contribution is -2.18. The average molecular weight is 487 g/mol. The Morgan fingerprint density at radius 3 is 2.26 bits per heavy atom. The van der Waals surface area contributed by atoms with Crippen molar-refractivity contribution in [2.24, 2.45) is 11.8 Å². The predicted octanol–water partition coefficient (Wildman–Crippen LogP) is 5.93.